The average Bonchev–Trinajstić information content (AvgIpc) is 2.47. The molecule has 0 bridgehead atoms. The van der Waals surface area contributed by atoms with Gasteiger partial charge < -0.3 is 10.2 Å². The minimum absolute atomic E-state index is 0.0766. The van der Waals surface area contributed by atoms with Crippen molar-refractivity contribution in [3.8, 4) is 0 Å². The van der Waals surface area contributed by atoms with Crippen LogP contribution in [0.5, 0.6) is 0 Å². The lowest BCUT2D eigenvalue weighted by molar-refractivity contribution is 0.0678. The normalized spacial score (nSPS) is 10.3. The van der Waals surface area contributed by atoms with E-state index in [0.29, 0.717) is 4.90 Å². The highest BCUT2D eigenvalue weighted by molar-refractivity contribution is 7.99. The predicted octanol–water partition coefficient (Wildman–Crippen LogP) is 3.80. The molecule has 0 unspecified atom stereocenters. The van der Waals surface area contributed by atoms with Gasteiger partial charge in [0.05, 0.1) is 11.1 Å². The molecule has 0 aliphatic carbocycles. The number of benzene rings is 2. The third kappa shape index (κ3) is 3.64. The molecule has 0 aliphatic rings. The fourth-order valence-electron chi connectivity index (χ4n) is 1.84. The summed E-state index contributed by atoms with van der Waals surface area (Å²) >= 11 is 1.25. The summed E-state index contributed by atoms with van der Waals surface area (Å²) in [6.07, 6.45) is 0.930. The van der Waals surface area contributed by atoms with Gasteiger partial charge in [0.25, 0.3) is 0 Å². The van der Waals surface area contributed by atoms with Crippen LogP contribution in [0.25, 0.3) is 0 Å². The largest absolute Gasteiger partial charge is 0.478 e. The quantitative estimate of drug-likeness (QED) is 0.878. The molecule has 4 nitrogen and oxygen atoms in total. The Morgan fingerprint density at radius 2 is 1.67 bits per heavy atom. The Kier molecular flexibility index (Phi) is 4.65. The Morgan fingerprint density at radius 3 is 2.19 bits per heavy atom. The van der Waals surface area contributed by atoms with E-state index in [1.54, 1.807) is 0 Å². The second-order valence-corrected chi connectivity index (χ2v) is 5.54. The molecule has 0 saturated carbocycles. The Labute approximate surface area is 126 Å². The lowest BCUT2D eigenvalue weighted by Crippen LogP contribution is -2.02. The molecule has 2 N–H and O–H groups in total. The minimum atomic E-state index is -1.07. The van der Waals surface area contributed by atoms with Gasteiger partial charge in [0.1, 0.15) is 0 Å². The van der Waals surface area contributed by atoms with Crippen LogP contribution in [0.4, 0.5) is 0 Å². The van der Waals surface area contributed by atoms with Gasteiger partial charge in [-0.25, -0.2) is 9.59 Å². The Morgan fingerprint density at radius 1 is 1.00 bits per heavy atom. The van der Waals surface area contributed by atoms with Crippen molar-refractivity contribution in [2.45, 2.75) is 23.1 Å². The second-order valence-electron chi connectivity index (χ2n) is 4.42. The smallest absolute Gasteiger partial charge is 0.336 e. The second kappa shape index (κ2) is 6.45. The van der Waals surface area contributed by atoms with E-state index in [0.717, 1.165) is 11.3 Å². The SMILES string of the molecule is CCc1ccc(Sc2cc(C(=O)O)ccc2C(=O)O)cc1. The molecule has 0 aromatic heterocycles. The van der Waals surface area contributed by atoms with Crippen molar-refractivity contribution in [3.05, 3.63) is 59.2 Å². The number of carboxylic acid groups (broad SMARTS) is 2. The van der Waals surface area contributed by atoms with Crippen LogP contribution >= 0.6 is 11.8 Å². The molecule has 0 fully saturated rings. The number of carboxylic acids is 2. The lowest BCUT2D eigenvalue weighted by atomic mass is 10.1. The first-order valence-corrected chi connectivity index (χ1v) is 7.20. The highest BCUT2D eigenvalue weighted by Gasteiger charge is 2.14. The van der Waals surface area contributed by atoms with Crippen LogP contribution in [0.2, 0.25) is 0 Å². The lowest BCUT2D eigenvalue weighted by Gasteiger charge is -2.08. The first kappa shape index (κ1) is 15.1. The molecule has 5 heteroatoms. The standard InChI is InChI=1S/C16H14O4S/c1-2-10-3-6-12(7-4-10)21-14-9-11(15(17)18)5-8-13(14)16(19)20/h3-9H,2H2,1H3,(H,17,18)(H,19,20). The molecule has 2 aromatic carbocycles. The first-order valence-electron chi connectivity index (χ1n) is 6.38. The van der Waals surface area contributed by atoms with Crippen molar-refractivity contribution < 1.29 is 19.8 Å². The van der Waals surface area contributed by atoms with E-state index in [9.17, 15) is 14.7 Å². The molecule has 0 amide bonds. The molecule has 0 aliphatic heterocycles. The maximum Gasteiger partial charge on any atom is 0.336 e. The van der Waals surface area contributed by atoms with Crippen LogP contribution in [0.1, 0.15) is 33.2 Å². The molecule has 0 atom stereocenters. The average molecular weight is 302 g/mol. The van der Waals surface area contributed by atoms with Gasteiger partial charge in [-0.3, -0.25) is 0 Å². The van der Waals surface area contributed by atoms with Crippen LogP contribution in [-0.4, -0.2) is 22.2 Å². The summed E-state index contributed by atoms with van der Waals surface area (Å²) in [5.74, 6) is -2.14. The van der Waals surface area contributed by atoms with E-state index in [1.807, 2.05) is 24.3 Å². The highest BCUT2D eigenvalue weighted by atomic mass is 32.2. The number of hydrogen-bond donors (Lipinski definition) is 2. The van der Waals surface area contributed by atoms with Gasteiger partial charge in [-0.15, -0.1) is 0 Å². The van der Waals surface area contributed by atoms with E-state index >= 15 is 0 Å². The van der Waals surface area contributed by atoms with Gasteiger partial charge in [0.2, 0.25) is 0 Å². The van der Waals surface area contributed by atoms with Crippen molar-refractivity contribution in [3.63, 3.8) is 0 Å². The number of carbonyl (C=O) groups is 2. The van der Waals surface area contributed by atoms with Crippen LogP contribution in [0.15, 0.2) is 52.3 Å². The number of hydrogen-bond acceptors (Lipinski definition) is 3. The van der Waals surface area contributed by atoms with E-state index in [1.165, 1.54) is 35.5 Å². The van der Waals surface area contributed by atoms with Crippen molar-refractivity contribution in [2.75, 3.05) is 0 Å². The Hall–Kier alpha value is -2.27. The van der Waals surface area contributed by atoms with E-state index in [-0.39, 0.29) is 11.1 Å². The topological polar surface area (TPSA) is 74.6 Å². The van der Waals surface area contributed by atoms with E-state index < -0.39 is 11.9 Å². The Balaban J connectivity index is 2.37. The predicted molar refractivity (Wildman–Crippen MR) is 80.3 cm³/mol. The zero-order valence-electron chi connectivity index (χ0n) is 11.4. The number of aryl methyl sites for hydroxylation is 1. The third-order valence-electron chi connectivity index (χ3n) is 3.02. The van der Waals surface area contributed by atoms with Gasteiger partial charge in [0.15, 0.2) is 0 Å². The maximum atomic E-state index is 11.2. The fourth-order valence-corrected chi connectivity index (χ4v) is 2.81. The molecular formula is C16H14O4S. The highest BCUT2D eigenvalue weighted by Crippen LogP contribution is 2.31. The van der Waals surface area contributed by atoms with Crippen LogP contribution in [0, 0.1) is 0 Å². The summed E-state index contributed by atoms with van der Waals surface area (Å²) in [5.41, 5.74) is 1.37. The van der Waals surface area contributed by atoms with Gasteiger partial charge in [-0.2, -0.15) is 0 Å². The molecule has 0 spiro atoms. The summed E-state index contributed by atoms with van der Waals surface area (Å²) in [6, 6.07) is 11.8. The van der Waals surface area contributed by atoms with Gasteiger partial charge in [0, 0.05) is 9.79 Å². The Bertz CT molecular complexity index is 677. The van der Waals surface area contributed by atoms with Crippen molar-refractivity contribution in [1.82, 2.24) is 0 Å². The summed E-state index contributed by atoms with van der Waals surface area (Å²) in [6.45, 7) is 2.06. The molecule has 2 aromatic rings. The van der Waals surface area contributed by atoms with Crippen molar-refractivity contribution in [1.29, 1.82) is 0 Å². The monoisotopic (exact) mass is 302 g/mol. The molecule has 0 radical (unpaired) electrons. The van der Waals surface area contributed by atoms with Gasteiger partial charge in [-0.1, -0.05) is 30.8 Å². The number of aromatic carboxylic acids is 2. The van der Waals surface area contributed by atoms with E-state index in [2.05, 4.69) is 6.92 Å². The van der Waals surface area contributed by atoms with Crippen molar-refractivity contribution >= 4 is 23.7 Å². The number of rotatable bonds is 5. The third-order valence-corrected chi connectivity index (χ3v) is 4.08. The van der Waals surface area contributed by atoms with Crippen LogP contribution in [-0.2, 0) is 6.42 Å². The molecule has 108 valence electrons. The zero-order chi connectivity index (χ0) is 15.4. The van der Waals surface area contributed by atoms with Crippen molar-refractivity contribution in [2.24, 2.45) is 0 Å². The van der Waals surface area contributed by atoms with Gasteiger partial charge >= 0.3 is 11.9 Å². The summed E-state index contributed by atoms with van der Waals surface area (Å²) < 4.78 is 0. The minimum Gasteiger partial charge on any atom is -0.478 e. The van der Waals surface area contributed by atoms with Crippen LogP contribution < -0.4 is 0 Å². The molecule has 2 rings (SSSR count). The first-order chi connectivity index (χ1) is 10.0. The summed E-state index contributed by atoms with van der Waals surface area (Å²) in [4.78, 5) is 23.5. The van der Waals surface area contributed by atoms with E-state index in [4.69, 9.17) is 5.11 Å². The molecule has 0 heterocycles. The zero-order valence-corrected chi connectivity index (χ0v) is 12.2. The summed E-state index contributed by atoms with van der Waals surface area (Å²) in [7, 11) is 0. The van der Waals surface area contributed by atoms with Crippen LogP contribution in [0.3, 0.4) is 0 Å². The summed E-state index contributed by atoms with van der Waals surface area (Å²) in [5, 5.41) is 18.2. The molecular weight excluding hydrogens is 288 g/mol. The maximum absolute atomic E-state index is 11.2. The molecule has 0 saturated heterocycles. The van der Waals surface area contributed by atoms with Gasteiger partial charge in [-0.05, 0) is 42.3 Å². The molecule has 21 heavy (non-hydrogen) atoms. The fraction of sp³-hybridized carbons (Fsp3) is 0.125.